The van der Waals surface area contributed by atoms with Crippen LogP contribution in [-0.4, -0.2) is 23.2 Å². The summed E-state index contributed by atoms with van der Waals surface area (Å²) in [4.78, 5) is 25.4. The number of carbonyl (C=O) groups is 1. The number of ether oxygens (including phenoxy) is 1. The number of H-pyrrole nitrogens is 1. The Morgan fingerprint density at radius 2 is 2.24 bits per heavy atom. The highest BCUT2D eigenvalue weighted by Crippen LogP contribution is 2.20. The van der Waals surface area contributed by atoms with Crippen molar-refractivity contribution in [1.29, 1.82) is 0 Å². The molecule has 0 radical (unpaired) electrons. The van der Waals surface area contributed by atoms with Gasteiger partial charge in [0.1, 0.15) is 5.75 Å². The maximum absolute atomic E-state index is 11.9. The Kier molecular flexibility index (Phi) is 2.82. The Morgan fingerprint density at radius 3 is 2.88 bits per heavy atom. The van der Waals surface area contributed by atoms with Gasteiger partial charge in [-0.05, 0) is 12.1 Å². The number of aromatic nitrogens is 1. The van der Waals surface area contributed by atoms with Gasteiger partial charge in [0.05, 0.1) is 24.4 Å². The van der Waals surface area contributed by atoms with Crippen LogP contribution in [0, 0.1) is 0 Å². The molecule has 1 aromatic heterocycles. The molecule has 5 nitrogen and oxygen atoms in total. The normalized spacial score (nSPS) is 10.4. The van der Waals surface area contributed by atoms with E-state index in [4.69, 9.17) is 9.84 Å². The van der Waals surface area contributed by atoms with Crippen LogP contribution < -0.4 is 10.2 Å². The summed E-state index contributed by atoms with van der Waals surface area (Å²) in [6.07, 6.45) is -0.206. The number of nitrogens with one attached hydrogen (secondary N) is 1. The van der Waals surface area contributed by atoms with E-state index in [1.807, 2.05) is 0 Å². The van der Waals surface area contributed by atoms with Crippen molar-refractivity contribution in [2.24, 2.45) is 0 Å². The number of carboxylic acids is 1. The molecule has 0 aliphatic heterocycles. The fraction of sp³-hybridized carbons (Fsp3) is 0.167. The number of hydrogen-bond acceptors (Lipinski definition) is 3. The van der Waals surface area contributed by atoms with Crippen molar-refractivity contribution in [3.8, 4) is 5.75 Å². The first-order chi connectivity index (χ1) is 8.11. The second-order valence-electron chi connectivity index (χ2n) is 3.61. The molecule has 2 N–H and O–H groups in total. The van der Waals surface area contributed by atoms with Crippen LogP contribution in [0.5, 0.6) is 5.75 Å². The van der Waals surface area contributed by atoms with Crippen molar-refractivity contribution in [1.82, 2.24) is 4.98 Å². The molecular weight excluding hydrogens is 222 g/mol. The van der Waals surface area contributed by atoms with E-state index in [1.54, 1.807) is 18.2 Å². The van der Waals surface area contributed by atoms with Gasteiger partial charge in [-0.2, -0.15) is 0 Å². The number of benzene rings is 1. The molecule has 0 amide bonds. The largest absolute Gasteiger partial charge is 0.496 e. The first kappa shape index (κ1) is 11.2. The number of methoxy groups -OCH3 is 1. The van der Waals surface area contributed by atoms with Gasteiger partial charge in [0.15, 0.2) is 5.43 Å². The lowest BCUT2D eigenvalue weighted by Gasteiger charge is -2.06. The second-order valence-corrected chi connectivity index (χ2v) is 3.61. The van der Waals surface area contributed by atoms with E-state index in [-0.39, 0.29) is 11.8 Å². The van der Waals surface area contributed by atoms with Crippen molar-refractivity contribution in [2.45, 2.75) is 6.42 Å². The molecule has 0 saturated carbocycles. The summed E-state index contributed by atoms with van der Waals surface area (Å²) in [5.41, 5.74) is 0.712. The van der Waals surface area contributed by atoms with Crippen molar-refractivity contribution in [3.05, 3.63) is 40.2 Å². The van der Waals surface area contributed by atoms with Crippen LogP contribution in [0.1, 0.15) is 5.69 Å². The number of carboxylic acid groups (broad SMARTS) is 1. The molecule has 0 bridgehead atoms. The molecule has 2 rings (SSSR count). The highest BCUT2D eigenvalue weighted by Gasteiger charge is 2.09. The van der Waals surface area contributed by atoms with E-state index in [2.05, 4.69) is 4.98 Å². The van der Waals surface area contributed by atoms with Crippen LogP contribution in [0.2, 0.25) is 0 Å². The quantitative estimate of drug-likeness (QED) is 0.833. The van der Waals surface area contributed by atoms with Crippen LogP contribution >= 0.6 is 0 Å². The Balaban J connectivity index is 2.67. The third-order valence-corrected chi connectivity index (χ3v) is 2.43. The Bertz CT molecular complexity index is 630. The molecule has 1 heterocycles. The number of fused-ring (bicyclic) bond motifs is 1. The van der Waals surface area contributed by atoms with Crippen molar-refractivity contribution in [2.75, 3.05) is 7.11 Å². The van der Waals surface area contributed by atoms with E-state index in [0.29, 0.717) is 22.3 Å². The fourth-order valence-corrected chi connectivity index (χ4v) is 1.76. The molecule has 1 aromatic carbocycles. The van der Waals surface area contributed by atoms with Crippen molar-refractivity contribution >= 4 is 16.9 Å². The predicted octanol–water partition coefficient (Wildman–Crippen LogP) is 1.16. The molecule has 88 valence electrons. The standard InChI is InChI=1S/C12H11NO4/c1-17-10-4-2-3-8-12(10)9(14)5-7(13-8)6-11(15)16/h2-5H,6H2,1H3,(H,13,14)(H,15,16). The zero-order valence-corrected chi connectivity index (χ0v) is 9.19. The summed E-state index contributed by atoms with van der Waals surface area (Å²) >= 11 is 0. The molecule has 0 spiro atoms. The van der Waals surface area contributed by atoms with Gasteiger partial charge in [-0.1, -0.05) is 6.07 Å². The van der Waals surface area contributed by atoms with E-state index in [1.165, 1.54) is 13.2 Å². The smallest absolute Gasteiger partial charge is 0.309 e. The summed E-state index contributed by atoms with van der Waals surface area (Å²) in [5, 5.41) is 9.12. The number of aliphatic carboxylic acids is 1. The summed E-state index contributed by atoms with van der Waals surface area (Å²) in [6, 6.07) is 6.43. The molecule has 0 fully saturated rings. The minimum absolute atomic E-state index is 0.206. The van der Waals surface area contributed by atoms with Gasteiger partial charge in [0.25, 0.3) is 0 Å². The van der Waals surface area contributed by atoms with Crippen LogP contribution in [0.15, 0.2) is 29.1 Å². The fourth-order valence-electron chi connectivity index (χ4n) is 1.76. The summed E-state index contributed by atoms with van der Waals surface area (Å²) in [6.45, 7) is 0. The van der Waals surface area contributed by atoms with Gasteiger partial charge >= 0.3 is 5.97 Å². The molecule has 0 aliphatic rings. The second kappa shape index (κ2) is 4.29. The van der Waals surface area contributed by atoms with Crippen LogP contribution in [0.4, 0.5) is 0 Å². The summed E-state index contributed by atoms with van der Waals surface area (Å²) < 4.78 is 5.09. The summed E-state index contributed by atoms with van der Waals surface area (Å²) in [5.74, 6) is -0.506. The third kappa shape index (κ3) is 2.13. The SMILES string of the molecule is COc1cccc2[nH]c(CC(=O)O)cc(=O)c12. The highest BCUT2D eigenvalue weighted by atomic mass is 16.5. The molecule has 0 aliphatic carbocycles. The van der Waals surface area contributed by atoms with Crippen molar-refractivity contribution in [3.63, 3.8) is 0 Å². The maximum atomic E-state index is 11.9. The number of rotatable bonds is 3. The zero-order valence-electron chi connectivity index (χ0n) is 9.19. The van der Waals surface area contributed by atoms with Gasteiger partial charge < -0.3 is 14.8 Å². The van der Waals surface area contributed by atoms with Gasteiger partial charge in [-0.25, -0.2) is 0 Å². The predicted molar refractivity (Wildman–Crippen MR) is 62.5 cm³/mol. The van der Waals surface area contributed by atoms with Crippen molar-refractivity contribution < 1.29 is 14.6 Å². The molecule has 0 unspecified atom stereocenters. The highest BCUT2D eigenvalue weighted by molar-refractivity contribution is 5.85. The third-order valence-electron chi connectivity index (χ3n) is 2.43. The minimum atomic E-state index is -0.983. The molecule has 0 saturated heterocycles. The molecule has 0 atom stereocenters. The average molecular weight is 233 g/mol. The van der Waals surface area contributed by atoms with Crippen LogP contribution in [0.3, 0.4) is 0 Å². The lowest BCUT2D eigenvalue weighted by molar-refractivity contribution is -0.136. The van der Waals surface area contributed by atoms with E-state index in [9.17, 15) is 9.59 Å². The average Bonchev–Trinajstić information content (AvgIpc) is 2.27. The van der Waals surface area contributed by atoms with E-state index in [0.717, 1.165) is 0 Å². The molecule has 5 heteroatoms. The number of hydrogen-bond donors (Lipinski definition) is 2. The molecular formula is C12H11NO4. The van der Waals surface area contributed by atoms with Gasteiger partial charge in [0, 0.05) is 11.8 Å². The minimum Gasteiger partial charge on any atom is -0.496 e. The maximum Gasteiger partial charge on any atom is 0.309 e. The number of pyridine rings is 1. The van der Waals surface area contributed by atoms with Crippen LogP contribution in [-0.2, 0) is 11.2 Å². The lowest BCUT2D eigenvalue weighted by atomic mass is 10.1. The topological polar surface area (TPSA) is 79.4 Å². The number of aromatic amines is 1. The monoisotopic (exact) mass is 233 g/mol. The first-order valence-electron chi connectivity index (χ1n) is 5.02. The van der Waals surface area contributed by atoms with Gasteiger partial charge in [0.2, 0.25) is 0 Å². The summed E-state index contributed by atoms with van der Waals surface area (Å²) in [7, 11) is 1.49. The first-order valence-corrected chi connectivity index (χ1v) is 5.02. The van der Waals surface area contributed by atoms with E-state index >= 15 is 0 Å². The van der Waals surface area contributed by atoms with Crippen LogP contribution in [0.25, 0.3) is 10.9 Å². The Hall–Kier alpha value is -2.30. The van der Waals surface area contributed by atoms with Gasteiger partial charge in [-0.3, -0.25) is 9.59 Å². The molecule has 2 aromatic rings. The Morgan fingerprint density at radius 1 is 1.47 bits per heavy atom. The lowest BCUT2D eigenvalue weighted by Crippen LogP contribution is -2.10. The Labute approximate surface area is 96.7 Å². The van der Waals surface area contributed by atoms with E-state index < -0.39 is 5.97 Å². The molecule has 17 heavy (non-hydrogen) atoms. The van der Waals surface area contributed by atoms with Gasteiger partial charge in [-0.15, -0.1) is 0 Å². The zero-order chi connectivity index (χ0) is 12.4.